The van der Waals surface area contributed by atoms with Crippen LogP contribution in [0.1, 0.15) is 104 Å². The van der Waals surface area contributed by atoms with Crippen molar-refractivity contribution in [3.63, 3.8) is 0 Å². The summed E-state index contributed by atoms with van der Waals surface area (Å²) in [5, 5.41) is 3.93. The lowest BCUT2D eigenvalue weighted by Crippen LogP contribution is -2.38. The largest absolute Gasteiger partial charge is 0.314 e. The summed E-state index contributed by atoms with van der Waals surface area (Å²) in [5.74, 6) is 1.90. The molecule has 21 heavy (non-hydrogen) atoms. The third-order valence-electron chi connectivity index (χ3n) is 5.51. The summed E-state index contributed by atoms with van der Waals surface area (Å²) in [6, 6.07) is 0.796. The molecule has 0 saturated heterocycles. The van der Waals surface area contributed by atoms with Crippen LogP contribution < -0.4 is 5.32 Å². The smallest absolute Gasteiger partial charge is 0.00979 e. The van der Waals surface area contributed by atoms with E-state index in [0.717, 1.165) is 17.9 Å². The van der Waals surface area contributed by atoms with E-state index in [1.54, 1.807) is 0 Å². The van der Waals surface area contributed by atoms with E-state index < -0.39 is 0 Å². The van der Waals surface area contributed by atoms with E-state index in [1.807, 2.05) is 0 Å². The van der Waals surface area contributed by atoms with E-state index in [2.05, 4.69) is 26.1 Å². The van der Waals surface area contributed by atoms with Gasteiger partial charge in [0, 0.05) is 6.04 Å². The molecule has 1 N–H and O–H groups in total. The molecule has 0 amide bonds. The number of nitrogens with one attached hydrogen (secondary N) is 1. The molecule has 1 fully saturated rings. The first-order valence-electron chi connectivity index (χ1n) is 10.0. The van der Waals surface area contributed by atoms with E-state index in [4.69, 9.17) is 0 Å². The zero-order valence-corrected chi connectivity index (χ0v) is 15.1. The van der Waals surface area contributed by atoms with Crippen molar-refractivity contribution in [1.82, 2.24) is 5.32 Å². The van der Waals surface area contributed by atoms with Crippen molar-refractivity contribution in [1.29, 1.82) is 0 Å². The Morgan fingerprint density at radius 2 is 1.57 bits per heavy atom. The van der Waals surface area contributed by atoms with Gasteiger partial charge in [-0.05, 0) is 44.1 Å². The van der Waals surface area contributed by atoms with Crippen molar-refractivity contribution in [3.05, 3.63) is 0 Å². The molecular weight excluding hydrogens is 254 g/mol. The molecule has 0 aromatic rings. The zero-order chi connectivity index (χ0) is 15.3. The maximum absolute atomic E-state index is 3.93. The first-order valence-corrected chi connectivity index (χ1v) is 10.0. The quantitative estimate of drug-likeness (QED) is 0.497. The summed E-state index contributed by atoms with van der Waals surface area (Å²) in [7, 11) is 0. The highest BCUT2D eigenvalue weighted by molar-refractivity contribution is 4.80. The standard InChI is InChI=1S/C20H41N/c1-4-7-13-18(6-3)17-20(21-16-5-2)19-14-11-9-8-10-12-15-19/h18-21H,4-17H2,1-3H3. The molecule has 0 radical (unpaired) electrons. The minimum atomic E-state index is 0.796. The van der Waals surface area contributed by atoms with Gasteiger partial charge < -0.3 is 5.32 Å². The third-order valence-corrected chi connectivity index (χ3v) is 5.51. The normalized spacial score (nSPS) is 20.7. The van der Waals surface area contributed by atoms with Crippen LogP contribution in [0, 0.1) is 11.8 Å². The van der Waals surface area contributed by atoms with Crippen LogP contribution in [0.2, 0.25) is 0 Å². The highest BCUT2D eigenvalue weighted by Gasteiger charge is 2.24. The van der Waals surface area contributed by atoms with Crippen LogP contribution in [0.15, 0.2) is 0 Å². The Labute approximate surface area is 134 Å². The van der Waals surface area contributed by atoms with Crippen molar-refractivity contribution in [2.24, 2.45) is 11.8 Å². The molecule has 126 valence electrons. The highest BCUT2D eigenvalue weighted by Crippen LogP contribution is 2.29. The van der Waals surface area contributed by atoms with Crippen LogP contribution in [0.3, 0.4) is 0 Å². The van der Waals surface area contributed by atoms with Gasteiger partial charge in [0.05, 0.1) is 0 Å². The van der Waals surface area contributed by atoms with Crippen LogP contribution in [-0.4, -0.2) is 12.6 Å². The lowest BCUT2D eigenvalue weighted by Gasteiger charge is -2.32. The molecule has 0 spiro atoms. The third kappa shape index (κ3) is 8.24. The molecule has 1 aliphatic carbocycles. The Bertz CT molecular complexity index is 218. The second kappa shape index (κ2) is 12.5. The lowest BCUT2D eigenvalue weighted by molar-refractivity contribution is 0.237. The minimum Gasteiger partial charge on any atom is -0.314 e. The Balaban J connectivity index is 2.54. The van der Waals surface area contributed by atoms with E-state index in [0.29, 0.717) is 0 Å². The van der Waals surface area contributed by atoms with Gasteiger partial charge in [-0.25, -0.2) is 0 Å². The summed E-state index contributed by atoms with van der Waals surface area (Å²) in [6.07, 6.45) is 18.6. The van der Waals surface area contributed by atoms with Crippen LogP contribution >= 0.6 is 0 Å². The van der Waals surface area contributed by atoms with Gasteiger partial charge in [-0.15, -0.1) is 0 Å². The zero-order valence-electron chi connectivity index (χ0n) is 15.1. The van der Waals surface area contributed by atoms with Crippen LogP contribution in [-0.2, 0) is 0 Å². The fourth-order valence-electron chi connectivity index (χ4n) is 4.00. The molecular formula is C20H41N. The summed E-state index contributed by atoms with van der Waals surface area (Å²) >= 11 is 0. The summed E-state index contributed by atoms with van der Waals surface area (Å²) in [5.41, 5.74) is 0. The average molecular weight is 296 g/mol. The van der Waals surface area contributed by atoms with Crippen LogP contribution in [0.5, 0.6) is 0 Å². The first-order chi connectivity index (χ1) is 10.3. The summed E-state index contributed by atoms with van der Waals surface area (Å²) in [4.78, 5) is 0. The van der Waals surface area contributed by atoms with E-state index in [-0.39, 0.29) is 0 Å². The lowest BCUT2D eigenvalue weighted by atomic mass is 9.80. The van der Waals surface area contributed by atoms with Gasteiger partial charge in [0.1, 0.15) is 0 Å². The first kappa shape index (κ1) is 19.0. The second-order valence-electron chi connectivity index (χ2n) is 7.32. The molecule has 0 aliphatic heterocycles. The Morgan fingerprint density at radius 1 is 0.905 bits per heavy atom. The molecule has 1 heteroatoms. The Morgan fingerprint density at radius 3 is 2.14 bits per heavy atom. The second-order valence-corrected chi connectivity index (χ2v) is 7.32. The van der Waals surface area contributed by atoms with Crippen molar-refractivity contribution < 1.29 is 0 Å². The molecule has 1 rings (SSSR count). The fourth-order valence-corrected chi connectivity index (χ4v) is 4.00. The van der Waals surface area contributed by atoms with Gasteiger partial charge in [-0.1, -0.05) is 78.6 Å². The fraction of sp³-hybridized carbons (Fsp3) is 1.00. The van der Waals surface area contributed by atoms with Crippen molar-refractivity contribution in [2.45, 2.75) is 110 Å². The Hall–Kier alpha value is -0.0400. The van der Waals surface area contributed by atoms with E-state index in [9.17, 15) is 0 Å². The predicted molar refractivity (Wildman–Crippen MR) is 95.8 cm³/mol. The van der Waals surface area contributed by atoms with Crippen LogP contribution in [0.25, 0.3) is 0 Å². The number of hydrogen-bond acceptors (Lipinski definition) is 1. The highest BCUT2D eigenvalue weighted by atomic mass is 14.9. The molecule has 0 bridgehead atoms. The molecule has 2 atom stereocenters. The molecule has 1 nitrogen and oxygen atoms in total. The van der Waals surface area contributed by atoms with Crippen LogP contribution in [0.4, 0.5) is 0 Å². The predicted octanol–water partition coefficient (Wildman–Crippen LogP) is 6.32. The van der Waals surface area contributed by atoms with Crippen molar-refractivity contribution in [2.75, 3.05) is 6.54 Å². The maximum atomic E-state index is 3.93. The van der Waals surface area contributed by atoms with Gasteiger partial charge in [0.15, 0.2) is 0 Å². The molecule has 0 aromatic carbocycles. The number of hydrogen-bond donors (Lipinski definition) is 1. The minimum absolute atomic E-state index is 0.796. The van der Waals surface area contributed by atoms with Crippen molar-refractivity contribution in [3.8, 4) is 0 Å². The van der Waals surface area contributed by atoms with E-state index in [1.165, 1.54) is 90.0 Å². The number of rotatable bonds is 10. The maximum Gasteiger partial charge on any atom is 0.00979 e. The average Bonchev–Trinajstić information content (AvgIpc) is 2.47. The van der Waals surface area contributed by atoms with Crippen molar-refractivity contribution >= 4 is 0 Å². The molecule has 0 heterocycles. The van der Waals surface area contributed by atoms with Gasteiger partial charge in [0.25, 0.3) is 0 Å². The molecule has 1 aliphatic rings. The number of unbranched alkanes of at least 4 members (excludes halogenated alkanes) is 1. The SMILES string of the molecule is CCCCC(CC)CC(NCCC)C1CCCCCCC1. The topological polar surface area (TPSA) is 12.0 Å². The van der Waals surface area contributed by atoms with Gasteiger partial charge in [-0.3, -0.25) is 0 Å². The monoisotopic (exact) mass is 295 g/mol. The Kier molecular flexibility index (Phi) is 11.3. The summed E-state index contributed by atoms with van der Waals surface area (Å²) < 4.78 is 0. The molecule has 1 saturated carbocycles. The van der Waals surface area contributed by atoms with Gasteiger partial charge >= 0.3 is 0 Å². The van der Waals surface area contributed by atoms with Gasteiger partial charge in [-0.2, -0.15) is 0 Å². The summed E-state index contributed by atoms with van der Waals surface area (Å²) in [6.45, 7) is 8.24. The van der Waals surface area contributed by atoms with Gasteiger partial charge in [0.2, 0.25) is 0 Å². The van der Waals surface area contributed by atoms with E-state index >= 15 is 0 Å². The molecule has 2 unspecified atom stereocenters. The molecule has 0 aromatic heterocycles.